The molecule has 1 N–H and O–H groups in total. The number of fused-ring (bicyclic) bond motifs is 1. The summed E-state index contributed by atoms with van der Waals surface area (Å²) >= 11 is 1.73. The number of aromatic nitrogens is 3. The van der Waals surface area contributed by atoms with Crippen LogP contribution < -0.4 is 5.32 Å². The van der Waals surface area contributed by atoms with Gasteiger partial charge in [0.2, 0.25) is 0 Å². The van der Waals surface area contributed by atoms with Gasteiger partial charge in [-0.2, -0.15) is 5.10 Å². The molecule has 0 bridgehead atoms. The SMILES string of the molecule is CN(C)CCn1cc(C(=O)Nc2ccc3nc(C4CC4)sc3c2)cn1. The van der Waals surface area contributed by atoms with Gasteiger partial charge in [-0.15, -0.1) is 11.3 Å². The molecule has 1 aliphatic rings. The third-order valence-corrected chi connectivity index (χ3v) is 5.44. The van der Waals surface area contributed by atoms with Crippen molar-refractivity contribution in [2.24, 2.45) is 0 Å². The first-order valence-electron chi connectivity index (χ1n) is 8.47. The summed E-state index contributed by atoms with van der Waals surface area (Å²) in [4.78, 5) is 19.2. The van der Waals surface area contributed by atoms with E-state index in [1.807, 2.05) is 32.3 Å². The van der Waals surface area contributed by atoms with Crippen LogP contribution in [0.15, 0.2) is 30.6 Å². The number of nitrogens with one attached hydrogen (secondary N) is 1. The molecule has 6 nitrogen and oxygen atoms in total. The predicted octanol–water partition coefficient (Wildman–Crippen LogP) is 3.18. The second-order valence-electron chi connectivity index (χ2n) is 6.76. The van der Waals surface area contributed by atoms with Crippen LogP contribution in [-0.4, -0.2) is 46.2 Å². The molecule has 0 spiro atoms. The fourth-order valence-electron chi connectivity index (χ4n) is 2.63. The van der Waals surface area contributed by atoms with E-state index in [1.54, 1.807) is 28.4 Å². The molecule has 25 heavy (non-hydrogen) atoms. The van der Waals surface area contributed by atoms with E-state index < -0.39 is 0 Å². The third-order valence-electron chi connectivity index (χ3n) is 4.26. The normalized spacial score (nSPS) is 14.4. The van der Waals surface area contributed by atoms with E-state index in [4.69, 9.17) is 0 Å². The van der Waals surface area contributed by atoms with E-state index >= 15 is 0 Å². The first kappa shape index (κ1) is 16.2. The van der Waals surface area contributed by atoms with E-state index in [2.05, 4.69) is 20.3 Å². The zero-order valence-corrected chi connectivity index (χ0v) is 15.2. The Kier molecular flexibility index (Phi) is 4.27. The predicted molar refractivity (Wildman–Crippen MR) is 100 cm³/mol. The van der Waals surface area contributed by atoms with E-state index in [0.29, 0.717) is 11.5 Å². The highest BCUT2D eigenvalue weighted by molar-refractivity contribution is 7.18. The Labute approximate surface area is 150 Å². The van der Waals surface area contributed by atoms with Gasteiger partial charge in [-0.25, -0.2) is 4.98 Å². The summed E-state index contributed by atoms with van der Waals surface area (Å²) in [5.41, 5.74) is 2.38. The van der Waals surface area contributed by atoms with E-state index in [9.17, 15) is 4.79 Å². The Morgan fingerprint density at radius 1 is 1.40 bits per heavy atom. The summed E-state index contributed by atoms with van der Waals surface area (Å²) in [5.74, 6) is 0.519. The number of amides is 1. The number of carbonyl (C=O) groups is 1. The number of carbonyl (C=O) groups excluding carboxylic acids is 1. The molecule has 0 atom stereocenters. The number of hydrogen-bond acceptors (Lipinski definition) is 5. The molecule has 3 aromatic rings. The zero-order chi connectivity index (χ0) is 17.4. The van der Waals surface area contributed by atoms with Crippen LogP contribution >= 0.6 is 11.3 Å². The minimum Gasteiger partial charge on any atom is -0.322 e. The summed E-state index contributed by atoms with van der Waals surface area (Å²) in [6.07, 6.45) is 5.90. The van der Waals surface area contributed by atoms with Gasteiger partial charge < -0.3 is 10.2 Å². The molecule has 1 saturated carbocycles. The van der Waals surface area contributed by atoms with Crippen molar-refractivity contribution in [1.82, 2.24) is 19.7 Å². The minimum atomic E-state index is -0.137. The van der Waals surface area contributed by atoms with Gasteiger partial charge in [-0.3, -0.25) is 9.48 Å². The summed E-state index contributed by atoms with van der Waals surface area (Å²) in [6.45, 7) is 1.64. The summed E-state index contributed by atoms with van der Waals surface area (Å²) < 4.78 is 2.92. The Morgan fingerprint density at radius 2 is 2.24 bits per heavy atom. The van der Waals surface area contributed by atoms with Crippen molar-refractivity contribution in [3.63, 3.8) is 0 Å². The molecule has 130 valence electrons. The van der Waals surface area contributed by atoms with Gasteiger partial charge in [-0.1, -0.05) is 0 Å². The molecule has 0 unspecified atom stereocenters. The van der Waals surface area contributed by atoms with Gasteiger partial charge in [0.05, 0.1) is 33.5 Å². The van der Waals surface area contributed by atoms with Crippen LogP contribution in [0.25, 0.3) is 10.2 Å². The molecule has 0 radical (unpaired) electrons. The molecule has 4 rings (SSSR count). The van der Waals surface area contributed by atoms with E-state index in [-0.39, 0.29) is 5.91 Å². The lowest BCUT2D eigenvalue weighted by molar-refractivity contribution is 0.102. The highest BCUT2D eigenvalue weighted by Gasteiger charge is 2.27. The van der Waals surface area contributed by atoms with Crippen molar-refractivity contribution in [2.45, 2.75) is 25.3 Å². The van der Waals surface area contributed by atoms with Crippen LogP contribution in [-0.2, 0) is 6.54 Å². The molecule has 1 fully saturated rings. The molecule has 7 heteroatoms. The molecule has 2 aromatic heterocycles. The summed E-state index contributed by atoms with van der Waals surface area (Å²) in [5, 5.41) is 8.43. The topological polar surface area (TPSA) is 63.1 Å². The maximum atomic E-state index is 12.4. The molecule has 0 saturated heterocycles. The molecule has 1 aliphatic carbocycles. The van der Waals surface area contributed by atoms with Crippen molar-refractivity contribution in [2.75, 3.05) is 26.0 Å². The highest BCUT2D eigenvalue weighted by atomic mass is 32.1. The first-order valence-corrected chi connectivity index (χ1v) is 9.29. The van der Waals surface area contributed by atoms with Crippen molar-refractivity contribution >= 4 is 33.1 Å². The monoisotopic (exact) mass is 355 g/mol. The lowest BCUT2D eigenvalue weighted by Gasteiger charge is -2.08. The molecule has 1 aromatic carbocycles. The van der Waals surface area contributed by atoms with Crippen molar-refractivity contribution in [3.05, 3.63) is 41.2 Å². The van der Waals surface area contributed by atoms with Gasteiger partial charge in [0.25, 0.3) is 5.91 Å². The molecular formula is C18H21N5OS. The molecule has 1 amide bonds. The van der Waals surface area contributed by atoms with Crippen molar-refractivity contribution in [3.8, 4) is 0 Å². The van der Waals surface area contributed by atoms with Crippen LogP contribution in [0.2, 0.25) is 0 Å². The van der Waals surface area contributed by atoms with Crippen LogP contribution in [0, 0.1) is 0 Å². The average molecular weight is 355 g/mol. The van der Waals surface area contributed by atoms with E-state index in [0.717, 1.165) is 29.0 Å². The lowest BCUT2D eigenvalue weighted by Crippen LogP contribution is -2.18. The Bertz CT molecular complexity index is 909. The number of likely N-dealkylation sites (N-methyl/N-ethyl adjacent to an activating group) is 1. The third kappa shape index (κ3) is 3.72. The second kappa shape index (κ2) is 6.57. The van der Waals surface area contributed by atoms with Crippen LogP contribution in [0.3, 0.4) is 0 Å². The number of benzene rings is 1. The first-order chi connectivity index (χ1) is 12.1. The largest absolute Gasteiger partial charge is 0.322 e. The van der Waals surface area contributed by atoms with Gasteiger partial charge in [0.1, 0.15) is 0 Å². The minimum absolute atomic E-state index is 0.137. The van der Waals surface area contributed by atoms with E-state index in [1.165, 1.54) is 17.8 Å². The maximum absolute atomic E-state index is 12.4. The Balaban J connectivity index is 1.45. The highest BCUT2D eigenvalue weighted by Crippen LogP contribution is 2.43. The maximum Gasteiger partial charge on any atom is 0.258 e. The lowest BCUT2D eigenvalue weighted by atomic mass is 10.2. The fraction of sp³-hybridized carbons (Fsp3) is 0.389. The van der Waals surface area contributed by atoms with Crippen LogP contribution in [0.1, 0.15) is 34.1 Å². The standard InChI is InChI=1S/C18H21N5OS/c1-22(2)7-8-23-11-13(10-19-23)17(24)20-14-5-6-15-16(9-14)25-18(21-15)12-3-4-12/h5-6,9-12H,3-4,7-8H2,1-2H3,(H,20,24). The molecule has 2 heterocycles. The van der Waals surface area contributed by atoms with Crippen molar-refractivity contribution in [1.29, 1.82) is 0 Å². The van der Waals surface area contributed by atoms with Gasteiger partial charge >= 0.3 is 0 Å². The number of nitrogens with zero attached hydrogens (tertiary/aromatic N) is 4. The van der Waals surface area contributed by atoms with Gasteiger partial charge in [0.15, 0.2) is 0 Å². The second-order valence-corrected chi connectivity index (χ2v) is 7.82. The average Bonchev–Trinajstić information content (AvgIpc) is 3.17. The quantitative estimate of drug-likeness (QED) is 0.738. The van der Waals surface area contributed by atoms with Gasteiger partial charge in [-0.05, 0) is 45.1 Å². The smallest absolute Gasteiger partial charge is 0.258 e. The number of anilines is 1. The summed E-state index contributed by atoms with van der Waals surface area (Å²) in [6, 6.07) is 5.90. The van der Waals surface area contributed by atoms with Crippen LogP contribution in [0.4, 0.5) is 5.69 Å². The number of thiazole rings is 1. The van der Waals surface area contributed by atoms with Gasteiger partial charge in [0, 0.05) is 24.3 Å². The molecular weight excluding hydrogens is 334 g/mol. The van der Waals surface area contributed by atoms with Crippen molar-refractivity contribution < 1.29 is 4.79 Å². The number of hydrogen-bond donors (Lipinski definition) is 1. The Hall–Kier alpha value is -2.25. The Morgan fingerprint density at radius 3 is 3.00 bits per heavy atom. The fourth-order valence-corrected chi connectivity index (χ4v) is 3.81. The van der Waals surface area contributed by atoms with Crippen LogP contribution in [0.5, 0.6) is 0 Å². The zero-order valence-electron chi connectivity index (χ0n) is 14.4. The number of rotatable bonds is 6. The molecule has 0 aliphatic heterocycles. The summed E-state index contributed by atoms with van der Waals surface area (Å²) in [7, 11) is 4.03.